The fraction of sp³-hybridized carbons (Fsp3) is 0.757. The van der Waals surface area contributed by atoms with Crippen LogP contribution in [0.1, 0.15) is 296 Å². The van der Waals surface area contributed by atoms with Crippen molar-refractivity contribution < 1.29 is 199 Å². The molecule has 0 aliphatic heterocycles. The molecule has 25 nitrogen and oxygen atoms in total. The summed E-state index contributed by atoms with van der Waals surface area (Å²) in [5.41, 5.74) is -21.9. The van der Waals surface area contributed by atoms with E-state index in [1.807, 2.05) is 0 Å². The summed E-state index contributed by atoms with van der Waals surface area (Å²) < 4.78 is 93.6. The van der Waals surface area contributed by atoms with Gasteiger partial charge in [0.05, 0.1) is 32.2 Å². The van der Waals surface area contributed by atoms with Crippen molar-refractivity contribution in [2.75, 3.05) is 26.4 Å². The van der Waals surface area contributed by atoms with Gasteiger partial charge in [-0.25, -0.2) is 17.6 Å². The Morgan fingerprint density at radius 2 is 0.619 bits per heavy atom. The van der Waals surface area contributed by atoms with Crippen LogP contribution in [-0.4, -0.2) is 200 Å². The Labute approximate surface area is 860 Å². The van der Waals surface area contributed by atoms with E-state index in [2.05, 4.69) is 11.4 Å². The first-order valence-corrected chi connectivity index (χ1v) is 52.1. The summed E-state index contributed by atoms with van der Waals surface area (Å²) in [4.78, 5) is 146. The minimum absolute atomic E-state index is 0. The van der Waals surface area contributed by atoms with E-state index < -0.39 is 235 Å². The Kier molecular flexibility index (Phi) is 34.5. The number of carbonyl (C=O) groups is 10. The van der Waals surface area contributed by atoms with Gasteiger partial charge in [-0.3, -0.25) is 47.9 Å². The van der Waals surface area contributed by atoms with Crippen LogP contribution in [0.2, 0.25) is 0 Å². The Morgan fingerprint density at radius 3 is 0.863 bits per heavy atom. The van der Waals surface area contributed by atoms with Crippen LogP contribution in [0.25, 0.3) is 0 Å². The third kappa shape index (κ3) is 18.0. The second kappa shape index (κ2) is 41.7. The number of carbonyl (C=O) groups excluding carboxylic acids is 10. The molecular formula is C107H149F4Na2O25P. The summed E-state index contributed by atoms with van der Waals surface area (Å²) in [6.07, 6.45) is 32.8. The molecule has 0 saturated heterocycles. The van der Waals surface area contributed by atoms with Crippen LogP contribution in [0, 0.1) is 114 Å². The van der Waals surface area contributed by atoms with E-state index in [0.717, 1.165) is 12.8 Å². The van der Waals surface area contributed by atoms with E-state index in [1.54, 1.807) is 108 Å². The first-order chi connectivity index (χ1) is 63.8. The topological polar surface area (TPSA) is 444 Å². The molecule has 0 radical (unpaired) electrons. The number of Topliss-reactive ketones (excluding diaryl/α,β-unsaturated/α-hetero) is 4. The van der Waals surface area contributed by atoms with Crippen LogP contribution in [0.5, 0.6) is 0 Å². The summed E-state index contributed by atoms with van der Waals surface area (Å²) in [6, 6.07) is 0. The maximum absolute atomic E-state index is 17.3. The molecular weight excluding hydrogens is 1840 g/mol. The summed E-state index contributed by atoms with van der Waals surface area (Å²) in [7, 11) is -5.43. The van der Waals surface area contributed by atoms with Crippen molar-refractivity contribution in [1.29, 1.82) is 0 Å². The molecule has 0 heterocycles. The Morgan fingerprint density at radius 1 is 0.381 bits per heavy atom. The number of esters is 2. The van der Waals surface area contributed by atoms with Gasteiger partial charge in [0.1, 0.15) is 35.6 Å². The number of phosphoric ester groups is 1. The van der Waals surface area contributed by atoms with E-state index >= 15 is 17.6 Å². The SMILES string of the molecule is CCC(=O)OCC(=O)[C@@]1(O)[C@H](C)C[C@H]2[C@@H]3CCC4=CC(=O)C=C[C@]4(C)[C@@]3(F)[C@@H](O)C[C@@]21C.CCCCCCCCCCCCCCCC(=O)OCC(=O)[C@@]1(O)[C@H](C)C[C@H]2[C@@H]3CCC4=CC(=O)C=C[C@]4(C)[C@@]3(F)[C@@H](O)C[C@@]21C.C[C@@H]1C[C@H]2[C@@H]3CCC4=CC(=O)C=C[C@]4(C)[C@@]3(F)[C@@H](O)C[C@]2(C)[C@@]1(O)C(=O)CO.C[C@@H]1C[C@H]2[C@@H]3CCC4=CC(=O)C=C[C@]4(C)[C@@]3(F)[C@@H](O)C[C@]2(C)[C@@]1(O)C(=O)COP(=O)([O-])[O-].[Na+].[Na+]. The van der Waals surface area contributed by atoms with Crippen LogP contribution in [0.3, 0.4) is 0 Å². The normalized spacial score (nSPS) is 44.5. The van der Waals surface area contributed by atoms with Gasteiger partial charge in [-0.1, -0.05) is 193 Å². The molecule has 32 heteroatoms. The van der Waals surface area contributed by atoms with Crippen molar-refractivity contribution in [2.45, 2.75) is 365 Å². The number of rotatable bonds is 27. The first kappa shape index (κ1) is 115. The van der Waals surface area contributed by atoms with Crippen LogP contribution >= 0.6 is 7.82 Å². The van der Waals surface area contributed by atoms with Crippen molar-refractivity contribution in [3.8, 4) is 0 Å². The van der Waals surface area contributed by atoms with Gasteiger partial charge in [-0.15, -0.1) is 0 Å². The van der Waals surface area contributed by atoms with Crippen LogP contribution in [0.15, 0.2) is 95.2 Å². The summed E-state index contributed by atoms with van der Waals surface area (Å²) in [6.45, 7) is 21.7. The van der Waals surface area contributed by atoms with Gasteiger partial charge in [0.2, 0.25) is 11.6 Å². The first-order valence-electron chi connectivity index (χ1n) is 50.7. The minimum atomic E-state index is -5.43. The molecule has 16 aliphatic rings. The number of aliphatic hydroxyl groups excluding tert-OH is 5. The van der Waals surface area contributed by atoms with Crippen LogP contribution in [-0.2, 0) is 66.5 Å². The number of halogens is 4. The molecule has 12 saturated carbocycles. The second-order valence-electron chi connectivity index (χ2n) is 45.9. The average Bonchev–Trinajstić information content (AvgIpc) is 1.60. The summed E-state index contributed by atoms with van der Waals surface area (Å²) in [5.74, 6) is -10.5. The number of phosphoric acid groups is 1. The number of hydrogen-bond donors (Lipinski definition) is 9. The van der Waals surface area contributed by atoms with Crippen molar-refractivity contribution in [3.63, 3.8) is 0 Å². The molecule has 0 aromatic rings. The van der Waals surface area contributed by atoms with Gasteiger partial charge < -0.3 is 74.3 Å². The number of ether oxygens (including phenoxy) is 2. The maximum atomic E-state index is 17.3. The van der Waals surface area contributed by atoms with E-state index in [1.165, 1.54) is 119 Å². The molecule has 9 N–H and O–H groups in total. The standard InChI is InChI=1S/C38H59FO6.C25H33FO6.C22H30FO8P.C22H29FO5.2Na/c1-5-6-7-8-9-10-11-12-13-14-15-16-17-18-34(43)45-26-33(42)38(44)27(2)23-31-30-20-19-28-24-29(40)21-22-35(28,3)37(30,39)32(41)25-36(31,38)4;1-5-21(30)32-13-20(29)25(31)14(2)10-18-17-7-6-15-11-16(27)8-9-22(15,3)24(17,26)19(28)12-23(18,25)4;1-12-8-16-15-5-4-13-9-14(24)6-7-19(13,2)21(15,23)17(25)10-20(16,3)22(12,27)18(26)11-31-32(28,29)30;1-12-8-16-15-5-4-13-9-14(25)6-7-19(13,2)21(15,23)17(26)10-20(16,3)22(12,28)18(27)11-24;;/h21-22,24,27,30-32,41,44H,5-20,23,25-26H2,1-4H3;8-9,11,14,17-19,28,31H,5-7,10,12-13H2,1-4H3;6-7,9,12,15-17,25,27H,4-5,8,10-11H2,1-3H3,(H2,28,29,30);6-7,9,12,15-17,24,26,28H,4-5,8,10-11H2,1-3H3;;/q;;;;2*+1/p-2/t27-,30+,31+,32+,35+,36+,37+,38+;14-,17+,18+,19+,22+,23+,24+,25+;2*12-,15+,16+,17+,19+,20+,21+,22+;;/m1111../s1. The average molecular weight is 1990 g/mol. The molecule has 0 unspecified atom stereocenters. The smallest absolute Gasteiger partial charge is 0.790 e. The van der Waals surface area contributed by atoms with E-state index in [9.17, 15) is 108 Å². The molecule has 0 bridgehead atoms. The quantitative estimate of drug-likeness (QED) is 0.0127. The van der Waals surface area contributed by atoms with Crippen molar-refractivity contribution >= 4 is 66.0 Å². The van der Waals surface area contributed by atoms with Gasteiger partial charge in [-0.05, 0) is 233 Å². The third-order valence-corrected chi connectivity index (χ3v) is 40.0. The number of unbranched alkanes of at least 4 members (excludes halogenated alkanes) is 12. The molecule has 0 spiro atoms. The van der Waals surface area contributed by atoms with Gasteiger partial charge in [0.25, 0.3) is 0 Å². The number of alkyl halides is 4. The monoisotopic (exact) mass is 1990 g/mol. The van der Waals surface area contributed by atoms with Crippen LogP contribution < -0.4 is 68.9 Å². The summed E-state index contributed by atoms with van der Waals surface area (Å²) in [5, 5.41) is 101. The molecule has 0 aromatic heterocycles. The zero-order chi connectivity index (χ0) is 101. The van der Waals surface area contributed by atoms with Crippen molar-refractivity contribution in [2.24, 2.45) is 114 Å². The maximum Gasteiger partial charge on any atom is 1.00 e. The number of allylic oxidation sites excluding steroid dienone is 16. The summed E-state index contributed by atoms with van der Waals surface area (Å²) >= 11 is 0. The third-order valence-electron chi connectivity index (χ3n) is 39.6. The Balaban J connectivity index is 0.000000179. The van der Waals surface area contributed by atoms with Gasteiger partial charge >= 0.3 is 71.1 Å². The van der Waals surface area contributed by atoms with E-state index in [-0.39, 0.29) is 145 Å². The van der Waals surface area contributed by atoms with Crippen molar-refractivity contribution in [1.82, 2.24) is 0 Å². The fourth-order valence-electron chi connectivity index (χ4n) is 31.9. The number of aliphatic hydroxyl groups is 9. The predicted octanol–water partition coefficient (Wildman–Crippen LogP) is 7.44. The zero-order valence-corrected chi connectivity index (χ0v) is 89.3. The van der Waals surface area contributed by atoms with E-state index in [4.69, 9.17) is 9.47 Å². The molecule has 139 heavy (non-hydrogen) atoms. The van der Waals surface area contributed by atoms with E-state index in [0.29, 0.717) is 99.3 Å². The van der Waals surface area contributed by atoms with Crippen LogP contribution in [0.4, 0.5) is 17.6 Å². The predicted molar refractivity (Wildman–Crippen MR) is 495 cm³/mol. The zero-order valence-electron chi connectivity index (χ0n) is 84.4. The number of ketones is 8. The fourth-order valence-corrected chi connectivity index (χ4v) is 32.2. The molecule has 0 amide bonds. The molecule has 762 valence electrons. The van der Waals surface area contributed by atoms with Gasteiger partial charge in [-0.2, -0.15) is 0 Å². The molecule has 32 atom stereocenters. The molecule has 12 fully saturated rings. The molecule has 16 rings (SSSR count). The number of fused-ring (bicyclic) bond motifs is 20. The molecule has 0 aromatic carbocycles. The van der Waals surface area contributed by atoms with Gasteiger partial charge in [0, 0.05) is 79.8 Å². The Bertz CT molecular complexity index is 5060. The molecule has 16 aliphatic carbocycles. The Hall–Kier alpha value is -4.31. The minimum Gasteiger partial charge on any atom is -0.790 e. The second-order valence-corrected chi connectivity index (χ2v) is 47.1. The largest absolute Gasteiger partial charge is 1.00 e. The number of hydrogen-bond acceptors (Lipinski definition) is 25. The van der Waals surface area contributed by atoms with Gasteiger partial charge in [0.15, 0.2) is 70.6 Å². The van der Waals surface area contributed by atoms with Crippen molar-refractivity contribution in [3.05, 3.63) is 95.2 Å².